The molecule has 0 aromatic rings. The molecule has 0 saturated heterocycles. The van der Waals surface area contributed by atoms with Crippen LogP contribution in [0.5, 0.6) is 0 Å². The molecule has 0 aromatic carbocycles. The van der Waals surface area contributed by atoms with Crippen molar-refractivity contribution in [3.63, 3.8) is 0 Å². The fourth-order valence-corrected chi connectivity index (χ4v) is 4.05. The van der Waals surface area contributed by atoms with Crippen molar-refractivity contribution in [2.45, 2.75) is 39.0 Å². The third-order valence-corrected chi connectivity index (χ3v) is 5.90. The maximum absolute atomic E-state index is 5.48. The highest BCUT2D eigenvalue weighted by molar-refractivity contribution is 6.60. The average Bonchev–Trinajstić information content (AvgIpc) is 2.42. The minimum absolute atomic E-state index is 0.300. The minimum Gasteiger partial charge on any atom is -0.377 e. The van der Waals surface area contributed by atoms with Crippen molar-refractivity contribution < 1.29 is 13.3 Å². The Morgan fingerprint density at radius 3 is 1.42 bits per heavy atom. The minimum atomic E-state index is -2.53. The van der Waals surface area contributed by atoms with Crippen molar-refractivity contribution in [3.05, 3.63) is 0 Å². The van der Waals surface area contributed by atoms with Crippen LogP contribution < -0.4 is 16.0 Å². The summed E-state index contributed by atoms with van der Waals surface area (Å²) in [6.45, 7) is 8.91. The normalized spacial score (nSPS) is 12.9. The predicted octanol–water partition coefficient (Wildman–Crippen LogP) is 0.737. The lowest BCUT2D eigenvalue weighted by Crippen LogP contribution is -2.67. The first-order valence-corrected chi connectivity index (χ1v) is 8.91. The van der Waals surface area contributed by atoms with Crippen LogP contribution in [0.4, 0.5) is 0 Å². The van der Waals surface area contributed by atoms with Gasteiger partial charge in [0.1, 0.15) is 5.79 Å². The van der Waals surface area contributed by atoms with E-state index in [1.54, 1.807) is 21.3 Å². The zero-order chi connectivity index (χ0) is 14.8. The zero-order valence-electron chi connectivity index (χ0n) is 13.3. The molecule has 19 heavy (non-hydrogen) atoms. The molecule has 6 nitrogen and oxygen atoms in total. The van der Waals surface area contributed by atoms with Crippen LogP contribution in [0.25, 0.3) is 0 Å². The highest BCUT2D eigenvalue weighted by atomic mass is 28.4. The first-order chi connectivity index (χ1) is 9.07. The fourth-order valence-electron chi connectivity index (χ4n) is 2.25. The van der Waals surface area contributed by atoms with Crippen LogP contribution in [0.3, 0.4) is 0 Å². The predicted molar refractivity (Wildman–Crippen MR) is 80.0 cm³/mol. The molecule has 0 aliphatic rings. The second-order valence-corrected chi connectivity index (χ2v) is 7.38. The fraction of sp³-hybridized carbons (Fsp3) is 1.00. The Balaban J connectivity index is 4.78. The molecule has 0 amide bonds. The van der Waals surface area contributed by atoms with Crippen LogP contribution in [-0.4, -0.2) is 55.6 Å². The molecule has 0 radical (unpaired) electrons. The number of hydrogen-bond acceptors (Lipinski definition) is 6. The average molecular weight is 293 g/mol. The number of nitrogens with one attached hydrogen (secondary N) is 3. The van der Waals surface area contributed by atoms with Crippen LogP contribution in [0.1, 0.15) is 27.2 Å². The summed E-state index contributed by atoms with van der Waals surface area (Å²) >= 11 is 0. The lowest BCUT2D eigenvalue weighted by atomic mass is 10.2. The Bertz CT molecular complexity index is 203. The molecule has 7 heteroatoms. The van der Waals surface area contributed by atoms with Crippen molar-refractivity contribution in [2.24, 2.45) is 0 Å². The van der Waals surface area contributed by atoms with Gasteiger partial charge in [0.05, 0.1) is 0 Å². The number of rotatable bonds is 12. The highest BCUT2D eigenvalue weighted by Gasteiger charge is 2.41. The van der Waals surface area contributed by atoms with Crippen LogP contribution >= 0.6 is 0 Å². The van der Waals surface area contributed by atoms with Crippen LogP contribution in [-0.2, 0) is 13.3 Å². The van der Waals surface area contributed by atoms with E-state index < -0.39 is 8.80 Å². The highest BCUT2D eigenvalue weighted by Crippen LogP contribution is 2.19. The standard InChI is InChI=1S/C12H31N3O3Si/c1-7-13-12(14-8-2,15-9-3)10-11-19(16-4,17-5)18-6/h13-15H,7-11H2,1-6H3. The molecule has 0 rings (SSSR count). The van der Waals surface area contributed by atoms with Crippen LogP contribution in [0.2, 0.25) is 6.04 Å². The summed E-state index contributed by atoms with van der Waals surface area (Å²) < 4.78 is 16.4. The van der Waals surface area contributed by atoms with Crippen LogP contribution in [0, 0.1) is 0 Å². The summed E-state index contributed by atoms with van der Waals surface area (Å²) in [5, 5.41) is 10.4. The third kappa shape index (κ3) is 5.86. The topological polar surface area (TPSA) is 63.8 Å². The molecule has 0 heterocycles. The molecule has 116 valence electrons. The summed E-state index contributed by atoms with van der Waals surface area (Å²) in [5.74, 6) is -0.300. The maximum Gasteiger partial charge on any atom is 0.500 e. The van der Waals surface area contributed by atoms with E-state index in [1.807, 2.05) is 0 Å². The molecule has 0 unspecified atom stereocenters. The molecular formula is C12H31N3O3Si. The Hall–Kier alpha value is -0.0231. The zero-order valence-corrected chi connectivity index (χ0v) is 14.3. The van der Waals surface area contributed by atoms with Gasteiger partial charge in [-0.3, -0.25) is 16.0 Å². The summed E-state index contributed by atoms with van der Waals surface area (Å²) in [6, 6.07) is 0.740. The molecule has 0 atom stereocenters. The monoisotopic (exact) mass is 293 g/mol. The number of hydrogen-bond donors (Lipinski definition) is 3. The van der Waals surface area contributed by atoms with Gasteiger partial charge in [0.15, 0.2) is 0 Å². The molecule has 3 N–H and O–H groups in total. The lowest BCUT2D eigenvalue weighted by molar-refractivity contribution is 0.112. The SMILES string of the molecule is CCNC(CC[Si](OC)(OC)OC)(NCC)NCC. The van der Waals surface area contributed by atoms with Crippen molar-refractivity contribution in [3.8, 4) is 0 Å². The largest absolute Gasteiger partial charge is 0.500 e. The molecule has 0 spiro atoms. The lowest BCUT2D eigenvalue weighted by Gasteiger charge is -2.38. The summed E-state index contributed by atoms with van der Waals surface area (Å²) in [5.41, 5.74) is 0. The van der Waals surface area contributed by atoms with E-state index in [0.717, 1.165) is 32.1 Å². The molecular weight excluding hydrogens is 262 g/mol. The van der Waals surface area contributed by atoms with E-state index in [2.05, 4.69) is 36.7 Å². The van der Waals surface area contributed by atoms with Crippen LogP contribution in [0.15, 0.2) is 0 Å². The van der Waals surface area contributed by atoms with E-state index in [1.165, 1.54) is 0 Å². The van der Waals surface area contributed by atoms with Crippen molar-refractivity contribution in [1.29, 1.82) is 0 Å². The van der Waals surface area contributed by atoms with Gasteiger partial charge < -0.3 is 13.3 Å². The Morgan fingerprint density at radius 1 is 0.789 bits per heavy atom. The summed E-state index contributed by atoms with van der Waals surface area (Å²) in [4.78, 5) is 0. The van der Waals surface area contributed by atoms with Gasteiger partial charge in [-0.1, -0.05) is 20.8 Å². The van der Waals surface area contributed by atoms with Gasteiger partial charge >= 0.3 is 8.80 Å². The van der Waals surface area contributed by atoms with Crippen molar-refractivity contribution >= 4 is 8.80 Å². The first-order valence-electron chi connectivity index (χ1n) is 6.98. The van der Waals surface area contributed by atoms with E-state index >= 15 is 0 Å². The Morgan fingerprint density at radius 2 is 1.16 bits per heavy atom. The van der Waals surface area contributed by atoms with Gasteiger partial charge in [-0.25, -0.2) is 0 Å². The molecule has 0 fully saturated rings. The summed E-state index contributed by atoms with van der Waals surface area (Å²) in [7, 11) is 2.41. The first kappa shape index (κ1) is 19.0. The van der Waals surface area contributed by atoms with Crippen molar-refractivity contribution in [2.75, 3.05) is 41.0 Å². The van der Waals surface area contributed by atoms with Gasteiger partial charge in [-0.15, -0.1) is 0 Å². The third-order valence-electron chi connectivity index (χ3n) is 3.17. The van der Waals surface area contributed by atoms with E-state index in [-0.39, 0.29) is 5.79 Å². The Labute approximate surface area is 118 Å². The second kappa shape index (κ2) is 9.81. The van der Waals surface area contributed by atoms with Gasteiger partial charge in [-0.2, -0.15) is 0 Å². The summed E-state index contributed by atoms with van der Waals surface area (Å²) in [6.07, 6.45) is 0.824. The van der Waals surface area contributed by atoms with Gasteiger partial charge in [0.2, 0.25) is 0 Å². The molecule has 0 bridgehead atoms. The molecule has 0 saturated carbocycles. The second-order valence-electron chi connectivity index (χ2n) is 4.29. The smallest absolute Gasteiger partial charge is 0.377 e. The Kier molecular flexibility index (Phi) is 9.80. The quantitative estimate of drug-likeness (QED) is 0.364. The van der Waals surface area contributed by atoms with Crippen molar-refractivity contribution in [1.82, 2.24) is 16.0 Å². The van der Waals surface area contributed by atoms with Gasteiger partial charge in [0.25, 0.3) is 0 Å². The molecule has 0 aliphatic carbocycles. The van der Waals surface area contributed by atoms with Gasteiger partial charge in [0, 0.05) is 27.4 Å². The molecule has 0 aliphatic heterocycles. The maximum atomic E-state index is 5.48. The van der Waals surface area contributed by atoms with E-state index in [0.29, 0.717) is 0 Å². The van der Waals surface area contributed by atoms with Gasteiger partial charge in [-0.05, 0) is 26.1 Å². The van der Waals surface area contributed by atoms with E-state index in [4.69, 9.17) is 13.3 Å². The molecule has 0 aromatic heterocycles. The van der Waals surface area contributed by atoms with E-state index in [9.17, 15) is 0 Å².